The molecule has 3 aromatic rings. The quantitative estimate of drug-likeness (QED) is 0.406. The molecule has 0 saturated carbocycles. The number of rotatable bonds is 10. The van der Waals surface area contributed by atoms with Gasteiger partial charge in [0.1, 0.15) is 11.5 Å². The highest BCUT2D eigenvalue weighted by Crippen LogP contribution is 2.36. The summed E-state index contributed by atoms with van der Waals surface area (Å²) in [7, 11) is 3.18. The highest BCUT2D eigenvalue weighted by molar-refractivity contribution is 5.89. The molecular formula is C24H29N3O4. The molecule has 7 heteroatoms. The highest BCUT2D eigenvalue weighted by atomic mass is 16.5. The number of carbonyl (C=O) groups excluding carboxylic acids is 1. The molecule has 31 heavy (non-hydrogen) atoms. The van der Waals surface area contributed by atoms with Gasteiger partial charge in [-0.25, -0.2) is 4.79 Å². The third-order valence-corrected chi connectivity index (χ3v) is 4.86. The number of unbranched alkanes of at least 4 members (excludes halogenated alkanes) is 3. The van der Waals surface area contributed by atoms with E-state index in [-0.39, 0.29) is 6.03 Å². The van der Waals surface area contributed by atoms with Gasteiger partial charge in [0.25, 0.3) is 0 Å². The minimum atomic E-state index is -0.202. The number of nitrogens with zero attached hydrogens (tertiary/aromatic N) is 1. The van der Waals surface area contributed by atoms with Gasteiger partial charge in [-0.1, -0.05) is 26.2 Å². The Morgan fingerprint density at radius 2 is 1.68 bits per heavy atom. The van der Waals surface area contributed by atoms with Crippen LogP contribution in [0, 0.1) is 0 Å². The van der Waals surface area contributed by atoms with Crippen molar-refractivity contribution in [2.45, 2.75) is 32.6 Å². The minimum absolute atomic E-state index is 0.202. The lowest BCUT2D eigenvalue weighted by molar-refractivity contribution is 0.252. The van der Waals surface area contributed by atoms with E-state index >= 15 is 0 Å². The summed E-state index contributed by atoms with van der Waals surface area (Å²) in [4.78, 5) is 16.4. The van der Waals surface area contributed by atoms with Gasteiger partial charge in [0.15, 0.2) is 11.5 Å². The zero-order valence-corrected chi connectivity index (χ0v) is 18.2. The number of ether oxygens (including phenoxy) is 3. The van der Waals surface area contributed by atoms with Crippen molar-refractivity contribution in [1.82, 2.24) is 10.3 Å². The highest BCUT2D eigenvalue weighted by Gasteiger charge is 2.11. The van der Waals surface area contributed by atoms with Crippen molar-refractivity contribution < 1.29 is 19.0 Å². The lowest BCUT2D eigenvalue weighted by Crippen LogP contribution is -2.29. The van der Waals surface area contributed by atoms with Crippen molar-refractivity contribution in [1.29, 1.82) is 0 Å². The molecular weight excluding hydrogens is 394 g/mol. The van der Waals surface area contributed by atoms with Crippen LogP contribution in [0.1, 0.15) is 32.6 Å². The monoisotopic (exact) mass is 423 g/mol. The van der Waals surface area contributed by atoms with Crippen molar-refractivity contribution in [3.63, 3.8) is 0 Å². The van der Waals surface area contributed by atoms with Crippen molar-refractivity contribution in [3.05, 3.63) is 48.7 Å². The number of hydrogen-bond acceptors (Lipinski definition) is 5. The molecule has 2 aromatic carbocycles. The van der Waals surface area contributed by atoms with E-state index in [1.807, 2.05) is 24.3 Å². The molecule has 2 amide bonds. The molecule has 0 bridgehead atoms. The fraction of sp³-hybridized carbons (Fsp3) is 0.333. The van der Waals surface area contributed by atoms with E-state index in [1.165, 1.54) is 12.8 Å². The van der Waals surface area contributed by atoms with E-state index in [9.17, 15) is 4.79 Å². The van der Waals surface area contributed by atoms with Crippen molar-refractivity contribution in [2.24, 2.45) is 0 Å². The Balaban J connectivity index is 1.64. The van der Waals surface area contributed by atoms with Crippen LogP contribution >= 0.6 is 0 Å². The molecule has 1 aromatic heterocycles. The predicted octanol–water partition coefficient (Wildman–Crippen LogP) is 5.75. The van der Waals surface area contributed by atoms with Crippen molar-refractivity contribution in [2.75, 3.05) is 26.1 Å². The summed E-state index contributed by atoms with van der Waals surface area (Å²) in [6.07, 6.45) is 6.18. The number of nitrogens with one attached hydrogen (secondary N) is 2. The first-order valence-electron chi connectivity index (χ1n) is 10.5. The second-order valence-electron chi connectivity index (χ2n) is 7.10. The average molecular weight is 424 g/mol. The molecule has 0 aliphatic rings. The van der Waals surface area contributed by atoms with Gasteiger partial charge in [0.05, 0.1) is 19.7 Å². The van der Waals surface area contributed by atoms with Gasteiger partial charge in [-0.05, 0) is 42.8 Å². The fourth-order valence-electron chi connectivity index (χ4n) is 3.20. The van der Waals surface area contributed by atoms with Gasteiger partial charge in [-0.3, -0.25) is 4.98 Å². The van der Waals surface area contributed by atoms with Gasteiger partial charge < -0.3 is 24.8 Å². The summed E-state index contributed by atoms with van der Waals surface area (Å²) in [6, 6.07) is 12.5. The molecule has 0 aliphatic heterocycles. The second-order valence-corrected chi connectivity index (χ2v) is 7.10. The minimum Gasteiger partial charge on any atom is -0.493 e. The smallest absolute Gasteiger partial charge is 0.319 e. The van der Waals surface area contributed by atoms with E-state index in [0.717, 1.165) is 23.7 Å². The first kappa shape index (κ1) is 22.2. The molecule has 164 valence electrons. The SMILES string of the molecule is CCCCCCNC(=O)Nc1ccc(Oc2ccnc3cc(OC)c(OC)cc23)cc1. The number of amides is 2. The van der Waals surface area contributed by atoms with E-state index in [0.29, 0.717) is 35.2 Å². The van der Waals surface area contributed by atoms with Crippen LogP contribution in [0.5, 0.6) is 23.0 Å². The normalized spacial score (nSPS) is 10.5. The molecule has 0 atom stereocenters. The maximum Gasteiger partial charge on any atom is 0.319 e. The molecule has 2 N–H and O–H groups in total. The number of aromatic nitrogens is 1. The predicted molar refractivity (Wildman–Crippen MR) is 123 cm³/mol. The molecule has 0 unspecified atom stereocenters. The number of anilines is 1. The Morgan fingerprint density at radius 1 is 0.935 bits per heavy atom. The van der Waals surface area contributed by atoms with Crippen LogP contribution in [0.25, 0.3) is 10.9 Å². The summed E-state index contributed by atoms with van der Waals surface area (Å²) in [5, 5.41) is 6.52. The molecule has 1 heterocycles. The van der Waals surface area contributed by atoms with Crippen LogP contribution in [0.4, 0.5) is 10.5 Å². The van der Waals surface area contributed by atoms with Gasteiger partial charge in [-0.2, -0.15) is 0 Å². The summed E-state index contributed by atoms with van der Waals surface area (Å²) in [5.41, 5.74) is 1.44. The third kappa shape index (κ3) is 6.01. The van der Waals surface area contributed by atoms with Gasteiger partial charge in [0.2, 0.25) is 0 Å². The second kappa shape index (κ2) is 11.1. The Hall–Kier alpha value is -3.48. The Kier molecular flexibility index (Phi) is 7.92. The maximum absolute atomic E-state index is 12.0. The van der Waals surface area contributed by atoms with Crippen molar-refractivity contribution in [3.8, 4) is 23.0 Å². The average Bonchev–Trinajstić information content (AvgIpc) is 2.79. The molecule has 0 saturated heterocycles. The van der Waals surface area contributed by atoms with Crippen LogP contribution in [0.3, 0.4) is 0 Å². The molecule has 0 spiro atoms. The number of urea groups is 1. The number of carbonyl (C=O) groups is 1. The lowest BCUT2D eigenvalue weighted by Gasteiger charge is -2.13. The molecule has 0 fully saturated rings. The van der Waals surface area contributed by atoms with Gasteiger partial charge in [0, 0.05) is 29.9 Å². The standard InChI is InChI=1S/C24H29N3O4/c1-4-5-6-7-13-26-24(28)27-17-8-10-18(11-9-17)31-21-12-14-25-20-16-23(30-3)22(29-2)15-19(20)21/h8-12,14-16H,4-7,13H2,1-3H3,(H2,26,27,28). The lowest BCUT2D eigenvalue weighted by atomic mass is 10.2. The van der Waals surface area contributed by atoms with E-state index in [4.69, 9.17) is 14.2 Å². The van der Waals surface area contributed by atoms with Gasteiger partial charge >= 0.3 is 6.03 Å². The zero-order valence-electron chi connectivity index (χ0n) is 18.2. The molecule has 3 rings (SSSR count). The molecule has 7 nitrogen and oxygen atoms in total. The van der Waals surface area contributed by atoms with Crippen LogP contribution in [0.2, 0.25) is 0 Å². The largest absolute Gasteiger partial charge is 0.493 e. The summed E-state index contributed by atoms with van der Waals surface area (Å²) >= 11 is 0. The number of methoxy groups -OCH3 is 2. The van der Waals surface area contributed by atoms with E-state index in [2.05, 4.69) is 22.5 Å². The topological polar surface area (TPSA) is 81.7 Å². The van der Waals surface area contributed by atoms with Crippen LogP contribution in [-0.2, 0) is 0 Å². The molecule has 0 radical (unpaired) electrons. The van der Waals surface area contributed by atoms with Crippen molar-refractivity contribution >= 4 is 22.6 Å². The summed E-state index contributed by atoms with van der Waals surface area (Å²) in [6.45, 7) is 2.84. The third-order valence-electron chi connectivity index (χ3n) is 4.86. The van der Waals surface area contributed by atoms with Crippen LogP contribution < -0.4 is 24.8 Å². The summed E-state index contributed by atoms with van der Waals surface area (Å²) < 4.78 is 16.8. The Morgan fingerprint density at radius 3 is 2.39 bits per heavy atom. The molecule has 0 aliphatic carbocycles. The maximum atomic E-state index is 12.0. The van der Waals surface area contributed by atoms with Gasteiger partial charge in [-0.15, -0.1) is 0 Å². The first-order chi connectivity index (χ1) is 15.1. The number of pyridine rings is 1. The fourth-order valence-corrected chi connectivity index (χ4v) is 3.20. The summed E-state index contributed by atoms with van der Waals surface area (Å²) in [5.74, 6) is 2.51. The zero-order chi connectivity index (χ0) is 22.1. The van der Waals surface area contributed by atoms with E-state index < -0.39 is 0 Å². The van der Waals surface area contributed by atoms with E-state index in [1.54, 1.807) is 38.6 Å². The Labute approximate surface area is 182 Å². The van der Waals surface area contributed by atoms with Crippen LogP contribution in [-0.4, -0.2) is 31.8 Å². The number of benzene rings is 2. The number of fused-ring (bicyclic) bond motifs is 1. The first-order valence-corrected chi connectivity index (χ1v) is 10.5. The number of hydrogen-bond donors (Lipinski definition) is 2. The van der Waals surface area contributed by atoms with Crippen LogP contribution in [0.15, 0.2) is 48.7 Å². The Bertz CT molecular complexity index is 1010.